The minimum Gasteiger partial charge on any atom is -0.369 e. The Bertz CT molecular complexity index is 2160. The van der Waals surface area contributed by atoms with Crippen LogP contribution in [0.1, 0.15) is 60.2 Å². The van der Waals surface area contributed by atoms with Crippen molar-refractivity contribution in [3.05, 3.63) is 76.4 Å². The number of benzene rings is 2. The predicted octanol–water partition coefficient (Wildman–Crippen LogP) is 4.25. The first kappa shape index (κ1) is 39.1. The maximum atomic E-state index is 13.3. The second-order valence-corrected chi connectivity index (χ2v) is 16.3. The van der Waals surface area contributed by atoms with E-state index in [4.69, 9.17) is 18.2 Å². The Hall–Kier alpha value is -5.79. The van der Waals surface area contributed by atoms with E-state index >= 15 is 0 Å². The third kappa shape index (κ3) is 7.76. The molecule has 16 nitrogen and oxygen atoms in total. The largest absolute Gasteiger partial charge is 0.369 e. The lowest BCUT2D eigenvalue weighted by molar-refractivity contribution is -0.136. The van der Waals surface area contributed by atoms with Crippen molar-refractivity contribution in [2.45, 2.75) is 57.7 Å². The molecule has 4 fully saturated rings. The van der Waals surface area contributed by atoms with Crippen LogP contribution in [-0.4, -0.2) is 131 Å². The Morgan fingerprint density at radius 3 is 2.26 bits per heavy atom. The van der Waals surface area contributed by atoms with Gasteiger partial charge in [-0.3, -0.25) is 34.3 Å². The van der Waals surface area contributed by atoms with Gasteiger partial charge in [-0.1, -0.05) is 17.7 Å². The molecule has 4 saturated heterocycles. The fraction of sp³-hybridized carbons (Fsp3) is 0.463. The second-order valence-electron chi connectivity index (χ2n) is 15.8. The van der Waals surface area contributed by atoms with Gasteiger partial charge >= 0.3 is 6.03 Å². The Morgan fingerprint density at radius 1 is 0.862 bits per heavy atom. The molecule has 8 rings (SSSR count). The summed E-state index contributed by atoms with van der Waals surface area (Å²) in [5.74, 6) is -0.798. The van der Waals surface area contributed by atoms with Crippen LogP contribution in [-0.2, 0) is 9.59 Å². The molecule has 0 radical (unpaired) electrons. The lowest BCUT2D eigenvalue weighted by Gasteiger charge is -2.45. The van der Waals surface area contributed by atoms with Crippen molar-refractivity contribution >= 4 is 70.0 Å². The first-order chi connectivity index (χ1) is 28.0. The van der Waals surface area contributed by atoms with E-state index in [1.165, 1.54) is 0 Å². The highest BCUT2D eigenvalue weighted by atomic mass is 35.5. The third-order valence-electron chi connectivity index (χ3n) is 12.1. The van der Waals surface area contributed by atoms with Gasteiger partial charge in [0.2, 0.25) is 23.5 Å². The number of imide groups is 2. The van der Waals surface area contributed by atoms with E-state index in [0.717, 1.165) is 74.9 Å². The zero-order valence-electron chi connectivity index (χ0n) is 32.6. The molecule has 6 heterocycles. The van der Waals surface area contributed by atoms with Crippen molar-refractivity contribution in [3.8, 4) is 0 Å². The fourth-order valence-electron chi connectivity index (χ4n) is 8.80. The molecule has 6 amide bonds. The van der Waals surface area contributed by atoms with Crippen LogP contribution in [0.4, 0.5) is 33.5 Å². The quantitative estimate of drug-likeness (QED) is 0.260. The number of carbonyl (C=O) groups excluding carboxylic acids is 5. The number of nitrogens with one attached hydrogen (secondary N) is 2. The summed E-state index contributed by atoms with van der Waals surface area (Å²) in [5, 5.41) is 5.64. The molecule has 3 aromatic rings. The number of halogens is 1. The first-order valence-electron chi connectivity index (χ1n) is 19.9. The molecule has 0 bridgehead atoms. The minimum atomic E-state index is -0.978. The van der Waals surface area contributed by atoms with Crippen LogP contribution in [0.15, 0.2) is 48.8 Å². The molecule has 3 atom stereocenters. The predicted molar refractivity (Wildman–Crippen MR) is 218 cm³/mol. The van der Waals surface area contributed by atoms with Crippen LogP contribution in [0, 0.1) is 12.5 Å². The molecule has 5 aliphatic rings. The number of hydrogen-bond donors (Lipinski definition) is 2. The van der Waals surface area contributed by atoms with Gasteiger partial charge in [-0.05, 0) is 69.4 Å². The summed E-state index contributed by atoms with van der Waals surface area (Å²) >= 11 is 6.31. The van der Waals surface area contributed by atoms with Crippen molar-refractivity contribution in [1.29, 1.82) is 0 Å². The lowest BCUT2D eigenvalue weighted by atomic mass is 9.96. The molecule has 0 aliphatic carbocycles. The van der Waals surface area contributed by atoms with Crippen molar-refractivity contribution in [3.63, 3.8) is 0 Å². The number of amides is 6. The second kappa shape index (κ2) is 16.2. The molecule has 0 saturated carbocycles. The zero-order chi connectivity index (χ0) is 40.7. The summed E-state index contributed by atoms with van der Waals surface area (Å²) in [6, 6.07) is 9.56. The zero-order valence-corrected chi connectivity index (χ0v) is 33.3. The Balaban J connectivity index is 0.777. The van der Waals surface area contributed by atoms with Crippen molar-refractivity contribution in [2.75, 3.05) is 78.9 Å². The lowest BCUT2D eigenvalue weighted by Crippen LogP contribution is -2.59. The van der Waals surface area contributed by atoms with E-state index in [-0.39, 0.29) is 36.5 Å². The van der Waals surface area contributed by atoms with Gasteiger partial charge in [-0.2, -0.15) is 0 Å². The van der Waals surface area contributed by atoms with E-state index < -0.39 is 29.7 Å². The molecule has 2 aromatic carbocycles. The minimum absolute atomic E-state index is 0.0449. The van der Waals surface area contributed by atoms with Crippen LogP contribution < -0.4 is 25.3 Å². The number of carbonyl (C=O) groups is 5. The Kier molecular flexibility index (Phi) is 10.9. The van der Waals surface area contributed by atoms with Crippen molar-refractivity contribution < 1.29 is 24.0 Å². The number of urea groups is 1. The van der Waals surface area contributed by atoms with E-state index in [9.17, 15) is 24.0 Å². The average molecular weight is 808 g/mol. The fourth-order valence-corrected chi connectivity index (χ4v) is 9.02. The third-order valence-corrected chi connectivity index (χ3v) is 12.4. The van der Waals surface area contributed by atoms with Crippen LogP contribution >= 0.6 is 11.6 Å². The van der Waals surface area contributed by atoms with E-state index in [0.29, 0.717) is 46.9 Å². The maximum Gasteiger partial charge on any atom is 0.322 e. The van der Waals surface area contributed by atoms with E-state index in [2.05, 4.69) is 52.0 Å². The van der Waals surface area contributed by atoms with Crippen molar-refractivity contribution in [2.24, 2.45) is 5.92 Å². The summed E-state index contributed by atoms with van der Waals surface area (Å²) in [6.07, 6.45) is 5.59. The monoisotopic (exact) mass is 807 g/mol. The topological polar surface area (TPSA) is 159 Å². The van der Waals surface area contributed by atoms with E-state index in [1.807, 2.05) is 30.0 Å². The SMILES string of the molecule is [C-]#[N+]c1ccc(N2C[C@@H](C)N(C(=O)Nc3cnc(N4CCC(CN5CCN(c6ccc7c(c6)C(=O)N(C6CCC(=O)NC6=O)C7=O)CC5)CC4)nc3)C[C@@H]2C)cc1Cl. The highest BCUT2D eigenvalue weighted by Gasteiger charge is 2.45. The van der Waals surface area contributed by atoms with Gasteiger partial charge in [0.15, 0.2) is 0 Å². The number of hydrogen-bond acceptors (Lipinski definition) is 11. The standard InChI is InChI=1S/C41H46ClN11O5/c1-25-23-52(26(2)22-51(25)30-5-7-34(43-3)33(42)19-30)41(58)46-28-20-44-40(45-21-28)50-12-10-27(11-13-50)24-48-14-16-49(17-15-48)29-4-6-31-32(18-29)39(57)53(38(31)56)35-8-9-36(54)47-37(35)55/h4-7,18-21,25-27,35H,8-17,22-24H2,1-2H3,(H,46,58)(H,47,54,55)/t25-,26+,35?/m0/s1. The molecule has 2 N–H and O–H groups in total. The van der Waals surface area contributed by atoms with E-state index in [1.54, 1.807) is 30.6 Å². The van der Waals surface area contributed by atoms with Gasteiger partial charge in [-0.25, -0.2) is 19.6 Å². The number of piperidine rings is 2. The number of piperazine rings is 2. The molecule has 302 valence electrons. The number of rotatable bonds is 7. The van der Waals surface area contributed by atoms with Gasteiger partial charge in [0.1, 0.15) is 6.04 Å². The highest BCUT2D eigenvalue weighted by Crippen LogP contribution is 2.34. The van der Waals surface area contributed by atoms with Gasteiger partial charge in [0.25, 0.3) is 11.8 Å². The summed E-state index contributed by atoms with van der Waals surface area (Å²) < 4.78 is 0. The molecule has 58 heavy (non-hydrogen) atoms. The van der Waals surface area contributed by atoms with Gasteiger partial charge < -0.3 is 24.9 Å². The van der Waals surface area contributed by atoms with Crippen LogP contribution in [0.25, 0.3) is 4.85 Å². The highest BCUT2D eigenvalue weighted by molar-refractivity contribution is 6.33. The number of fused-ring (bicyclic) bond motifs is 1. The van der Waals surface area contributed by atoms with Crippen molar-refractivity contribution in [1.82, 2.24) is 30.0 Å². The van der Waals surface area contributed by atoms with Crippen LogP contribution in [0.2, 0.25) is 5.02 Å². The molecule has 1 unspecified atom stereocenters. The molecule has 17 heteroatoms. The summed E-state index contributed by atoms with van der Waals surface area (Å²) in [6.45, 7) is 18.5. The number of aromatic nitrogens is 2. The summed E-state index contributed by atoms with van der Waals surface area (Å²) in [7, 11) is 0. The van der Waals surface area contributed by atoms with Gasteiger partial charge in [0, 0.05) is 93.8 Å². The number of nitrogens with zero attached hydrogens (tertiary/aromatic N) is 9. The van der Waals surface area contributed by atoms with Gasteiger partial charge in [0.05, 0.1) is 35.8 Å². The summed E-state index contributed by atoms with van der Waals surface area (Å²) in [5.41, 5.74) is 3.36. The molecule has 0 spiro atoms. The average Bonchev–Trinajstić information content (AvgIpc) is 3.47. The molecule has 1 aromatic heterocycles. The van der Waals surface area contributed by atoms with Crippen LogP contribution in [0.5, 0.6) is 0 Å². The smallest absolute Gasteiger partial charge is 0.322 e. The molecule has 5 aliphatic heterocycles. The van der Waals surface area contributed by atoms with Crippen LogP contribution in [0.3, 0.4) is 0 Å². The van der Waals surface area contributed by atoms with Gasteiger partial charge in [-0.15, -0.1) is 0 Å². The number of anilines is 4. The normalized spacial score (nSPS) is 23.2. The summed E-state index contributed by atoms with van der Waals surface area (Å²) in [4.78, 5) is 88.4. The first-order valence-corrected chi connectivity index (χ1v) is 20.3. The molecular formula is C41H46ClN11O5. The Morgan fingerprint density at radius 2 is 1.57 bits per heavy atom. The Labute approximate surface area is 341 Å². The maximum absolute atomic E-state index is 13.3. The molecular weight excluding hydrogens is 762 g/mol.